The molecule has 0 aromatic rings. The van der Waals surface area contributed by atoms with Crippen LogP contribution in [0.5, 0.6) is 0 Å². The van der Waals surface area contributed by atoms with Crippen molar-refractivity contribution < 1.29 is 14.4 Å². The molecule has 0 aromatic carbocycles. The number of imide groups is 1. The molecule has 1 N–H and O–H groups in total. The first-order chi connectivity index (χ1) is 8.06. The van der Waals surface area contributed by atoms with Gasteiger partial charge in [0.15, 0.2) is 0 Å². The van der Waals surface area contributed by atoms with Gasteiger partial charge in [0.25, 0.3) is 0 Å². The van der Waals surface area contributed by atoms with Gasteiger partial charge in [-0.3, -0.25) is 19.3 Å². The van der Waals surface area contributed by atoms with Crippen LogP contribution in [0.2, 0.25) is 0 Å². The number of likely N-dealkylation sites (tertiary alicyclic amines) is 1. The van der Waals surface area contributed by atoms with Gasteiger partial charge in [0.05, 0.1) is 0 Å². The summed E-state index contributed by atoms with van der Waals surface area (Å²) in [5, 5.41) is 2.65. The lowest BCUT2D eigenvalue weighted by molar-refractivity contribution is -0.139. The van der Waals surface area contributed by atoms with Crippen molar-refractivity contribution in [3.05, 3.63) is 0 Å². The van der Waals surface area contributed by atoms with E-state index in [0.717, 1.165) is 0 Å². The second kappa shape index (κ2) is 8.18. The molecule has 6 heteroatoms. The SMILES string of the molecule is CC.CPNC(=O)CCN1C(=O)CC(C)C1=O. The smallest absolute Gasteiger partial charge is 0.232 e. The van der Waals surface area contributed by atoms with Crippen molar-refractivity contribution >= 4 is 26.5 Å². The molecule has 5 nitrogen and oxygen atoms in total. The average molecular weight is 260 g/mol. The van der Waals surface area contributed by atoms with Gasteiger partial charge in [-0.05, 0) is 15.4 Å². The summed E-state index contributed by atoms with van der Waals surface area (Å²) in [4.78, 5) is 35.1. The van der Waals surface area contributed by atoms with Crippen LogP contribution in [0, 0.1) is 5.92 Å². The number of carbonyl (C=O) groups excluding carboxylic acids is 3. The summed E-state index contributed by atoms with van der Waals surface area (Å²) in [6.07, 6.45) is 0.473. The Morgan fingerprint density at radius 1 is 1.47 bits per heavy atom. The van der Waals surface area contributed by atoms with Crippen LogP contribution in [-0.4, -0.2) is 35.8 Å². The van der Waals surface area contributed by atoms with E-state index in [9.17, 15) is 14.4 Å². The lowest BCUT2D eigenvalue weighted by Gasteiger charge is -2.13. The molecule has 1 aliphatic rings. The van der Waals surface area contributed by atoms with Crippen molar-refractivity contribution in [3.63, 3.8) is 0 Å². The largest absolute Gasteiger partial charge is 0.338 e. The van der Waals surface area contributed by atoms with Gasteiger partial charge in [0.1, 0.15) is 0 Å². The van der Waals surface area contributed by atoms with E-state index >= 15 is 0 Å². The van der Waals surface area contributed by atoms with Gasteiger partial charge in [0, 0.05) is 25.3 Å². The Bertz CT molecular complexity index is 294. The van der Waals surface area contributed by atoms with E-state index in [1.807, 2.05) is 20.5 Å². The molecular weight excluding hydrogens is 239 g/mol. The van der Waals surface area contributed by atoms with E-state index in [1.165, 1.54) is 4.90 Å². The van der Waals surface area contributed by atoms with Crippen LogP contribution in [0.4, 0.5) is 0 Å². The third kappa shape index (κ3) is 4.82. The lowest BCUT2D eigenvalue weighted by Crippen LogP contribution is -2.33. The van der Waals surface area contributed by atoms with Crippen LogP contribution in [0.15, 0.2) is 0 Å². The zero-order valence-corrected chi connectivity index (χ0v) is 11.9. The molecule has 1 rings (SSSR count). The maximum atomic E-state index is 11.5. The van der Waals surface area contributed by atoms with E-state index in [2.05, 4.69) is 5.09 Å². The average Bonchev–Trinajstić information content (AvgIpc) is 2.54. The molecule has 1 saturated heterocycles. The monoisotopic (exact) mass is 260 g/mol. The Hall–Kier alpha value is -0.960. The van der Waals surface area contributed by atoms with E-state index in [4.69, 9.17) is 0 Å². The molecule has 0 bridgehead atoms. The van der Waals surface area contributed by atoms with Crippen molar-refractivity contribution in [2.24, 2.45) is 5.92 Å². The van der Waals surface area contributed by atoms with Gasteiger partial charge in [-0.2, -0.15) is 0 Å². The summed E-state index contributed by atoms with van der Waals surface area (Å²) in [6, 6.07) is 0. The van der Waals surface area contributed by atoms with Gasteiger partial charge in [-0.1, -0.05) is 20.8 Å². The minimum Gasteiger partial charge on any atom is -0.338 e. The number of nitrogens with one attached hydrogen (secondary N) is 1. The van der Waals surface area contributed by atoms with Gasteiger partial charge in [-0.15, -0.1) is 0 Å². The molecule has 17 heavy (non-hydrogen) atoms. The summed E-state index contributed by atoms with van der Waals surface area (Å²) in [6.45, 7) is 7.79. The Balaban J connectivity index is 0.00000121. The second-order valence-electron chi connectivity index (χ2n) is 3.54. The van der Waals surface area contributed by atoms with Crippen molar-refractivity contribution in [1.29, 1.82) is 0 Å². The highest BCUT2D eigenvalue weighted by atomic mass is 31.1. The number of nitrogens with zero attached hydrogens (tertiary/aromatic N) is 1. The maximum absolute atomic E-state index is 11.5. The predicted molar refractivity (Wildman–Crippen MR) is 68.8 cm³/mol. The summed E-state index contributed by atoms with van der Waals surface area (Å²) in [5.74, 6) is -0.671. The quantitative estimate of drug-likeness (QED) is 0.609. The van der Waals surface area contributed by atoms with Crippen molar-refractivity contribution in [2.75, 3.05) is 13.2 Å². The minimum absolute atomic E-state index is 0.115. The van der Waals surface area contributed by atoms with Gasteiger partial charge >= 0.3 is 0 Å². The summed E-state index contributed by atoms with van der Waals surface area (Å²) >= 11 is 0. The standard InChI is InChI=1S/C9H15N2O3P.C2H6/c1-6-5-8(13)11(9(6)14)4-3-7(12)10-15-2;1-2/h6,15H,3-5H2,1-2H3,(H,10,12);1-2H3. The van der Waals surface area contributed by atoms with Crippen LogP contribution in [0.25, 0.3) is 0 Å². The van der Waals surface area contributed by atoms with Gasteiger partial charge in [-0.25, -0.2) is 0 Å². The number of hydrogen-bond acceptors (Lipinski definition) is 3. The first-order valence-corrected chi connectivity index (χ1v) is 7.36. The number of carbonyl (C=O) groups is 3. The van der Waals surface area contributed by atoms with E-state index in [-0.39, 0.29) is 43.0 Å². The van der Waals surface area contributed by atoms with Gasteiger partial charge in [0.2, 0.25) is 17.7 Å². The van der Waals surface area contributed by atoms with Gasteiger partial charge < -0.3 is 5.09 Å². The summed E-state index contributed by atoms with van der Waals surface area (Å²) in [5.41, 5.74) is 0. The number of hydrogen-bond donors (Lipinski definition) is 1. The van der Waals surface area contributed by atoms with Crippen LogP contribution < -0.4 is 5.09 Å². The zero-order chi connectivity index (χ0) is 13.4. The highest BCUT2D eigenvalue weighted by Crippen LogP contribution is 2.18. The Morgan fingerprint density at radius 2 is 2.06 bits per heavy atom. The summed E-state index contributed by atoms with van der Waals surface area (Å²) in [7, 11) is 0.353. The second-order valence-corrected chi connectivity index (χ2v) is 4.29. The molecule has 98 valence electrons. The van der Waals surface area contributed by atoms with Crippen LogP contribution >= 0.6 is 8.73 Å². The molecule has 1 heterocycles. The normalized spacial score (nSPS) is 19.5. The number of amides is 3. The Labute approximate surface area is 104 Å². The third-order valence-corrected chi connectivity index (χ3v) is 2.83. The van der Waals surface area contributed by atoms with Crippen molar-refractivity contribution in [1.82, 2.24) is 9.99 Å². The molecule has 3 amide bonds. The third-order valence-electron chi connectivity index (χ3n) is 2.30. The first-order valence-electron chi connectivity index (χ1n) is 5.86. The Kier molecular flexibility index (Phi) is 7.72. The summed E-state index contributed by atoms with van der Waals surface area (Å²) < 4.78 is 0. The molecule has 0 spiro atoms. The fourth-order valence-corrected chi connectivity index (χ4v) is 1.90. The molecule has 2 unspecified atom stereocenters. The molecule has 0 radical (unpaired) electrons. The fraction of sp³-hybridized carbons (Fsp3) is 0.727. The Morgan fingerprint density at radius 3 is 2.47 bits per heavy atom. The molecule has 2 atom stereocenters. The minimum atomic E-state index is -0.228. The molecule has 0 aromatic heterocycles. The highest BCUT2D eigenvalue weighted by molar-refractivity contribution is 7.35. The maximum Gasteiger partial charge on any atom is 0.232 e. The molecule has 0 saturated carbocycles. The van der Waals surface area contributed by atoms with Crippen LogP contribution in [0.1, 0.15) is 33.6 Å². The zero-order valence-electron chi connectivity index (χ0n) is 10.9. The van der Waals surface area contributed by atoms with E-state index < -0.39 is 0 Å². The van der Waals surface area contributed by atoms with E-state index in [0.29, 0.717) is 8.73 Å². The van der Waals surface area contributed by atoms with Crippen LogP contribution in [-0.2, 0) is 14.4 Å². The van der Waals surface area contributed by atoms with E-state index in [1.54, 1.807) is 6.92 Å². The topological polar surface area (TPSA) is 66.5 Å². The molecule has 1 fully saturated rings. The van der Waals surface area contributed by atoms with Crippen molar-refractivity contribution in [2.45, 2.75) is 33.6 Å². The van der Waals surface area contributed by atoms with Crippen LogP contribution in [0.3, 0.4) is 0 Å². The predicted octanol–water partition coefficient (Wildman–Crippen LogP) is 1.14. The highest BCUT2D eigenvalue weighted by Gasteiger charge is 2.35. The molecule has 0 aliphatic carbocycles. The number of rotatable bonds is 4. The van der Waals surface area contributed by atoms with Crippen molar-refractivity contribution in [3.8, 4) is 0 Å². The fourth-order valence-electron chi connectivity index (χ4n) is 1.50. The first kappa shape index (κ1) is 16.0. The molecule has 1 aliphatic heterocycles. The lowest BCUT2D eigenvalue weighted by atomic mass is 10.1. The molecular formula is C11H21N2O3P.